The van der Waals surface area contributed by atoms with E-state index in [-0.39, 0.29) is 30.1 Å². The maximum atomic E-state index is 12.4. The molecule has 1 amide bonds. The van der Waals surface area contributed by atoms with E-state index in [1.54, 1.807) is 6.20 Å². The van der Waals surface area contributed by atoms with Crippen molar-refractivity contribution in [3.63, 3.8) is 0 Å². The summed E-state index contributed by atoms with van der Waals surface area (Å²) in [6.45, 7) is 12.8. The Hall–Kier alpha value is -1.52. The van der Waals surface area contributed by atoms with Crippen molar-refractivity contribution in [1.82, 2.24) is 24.9 Å². The molecule has 0 saturated carbocycles. The number of likely N-dealkylation sites (tertiary alicyclic amines) is 1. The molecule has 0 aliphatic carbocycles. The van der Waals surface area contributed by atoms with Gasteiger partial charge in [0, 0.05) is 58.7 Å². The Labute approximate surface area is 198 Å². The van der Waals surface area contributed by atoms with Gasteiger partial charge in [-0.15, -0.1) is 24.0 Å². The molecule has 2 heterocycles. The van der Waals surface area contributed by atoms with Crippen molar-refractivity contribution in [2.45, 2.75) is 59.1 Å². The average Bonchev–Trinajstić information content (AvgIpc) is 3.19. The summed E-state index contributed by atoms with van der Waals surface area (Å²) in [5.41, 5.74) is -0.455. The van der Waals surface area contributed by atoms with Crippen molar-refractivity contribution in [2.75, 3.05) is 39.8 Å². The van der Waals surface area contributed by atoms with Gasteiger partial charge in [0.25, 0.3) is 0 Å². The molecule has 1 fully saturated rings. The highest BCUT2D eigenvalue weighted by Crippen LogP contribution is 2.20. The summed E-state index contributed by atoms with van der Waals surface area (Å²) in [6.07, 6.45) is 6.67. The smallest absolute Gasteiger partial charge is 0.410 e. The molecule has 1 aliphatic rings. The summed E-state index contributed by atoms with van der Waals surface area (Å²) in [5.74, 6) is 1.46. The fraction of sp³-hybridized carbons (Fsp3) is 0.762. The summed E-state index contributed by atoms with van der Waals surface area (Å²) in [5, 5.41) is 7.69. The topological polar surface area (TPSA) is 75.0 Å². The fourth-order valence-electron chi connectivity index (χ4n) is 3.50. The molecule has 1 aromatic heterocycles. The molecule has 30 heavy (non-hydrogen) atoms. The molecule has 0 spiro atoms. The Kier molecular flexibility index (Phi) is 11.5. The minimum absolute atomic E-state index is 0. The van der Waals surface area contributed by atoms with Crippen LogP contribution in [0.5, 0.6) is 0 Å². The highest BCUT2D eigenvalue weighted by molar-refractivity contribution is 14.0. The molecule has 1 aromatic rings. The first kappa shape index (κ1) is 26.5. The number of guanidine groups is 1. The second kappa shape index (κ2) is 13.0. The molecule has 0 atom stereocenters. The number of aryl methyl sites for hydroxylation is 1. The second-order valence-electron chi connectivity index (χ2n) is 8.55. The first-order valence-corrected chi connectivity index (χ1v) is 10.7. The van der Waals surface area contributed by atoms with E-state index in [2.05, 4.69) is 20.3 Å². The number of halogens is 1. The zero-order chi connectivity index (χ0) is 21.3. The molecule has 8 nitrogen and oxygen atoms in total. The third-order valence-corrected chi connectivity index (χ3v) is 5.04. The van der Waals surface area contributed by atoms with Crippen molar-refractivity contribution in [3.05, 3.63) is 18.5 Å². The lowest BCUT2D eigenvalue weighted by Gasteiger charge is -2.36. The van der Waals surface area contributed by atoms with Crippen LogP contribution in [0.1, 0.15) is 47.0 Å². The third kappa shape index (κ3) is 9.09. The van der Waals surface area contributed by atoms with Crippen LogP contribution >= 0.6 is 24.0 Å². The molecule has 1 N–H and O–H groups in total. The summed E-state index contributed by atoms with van der Waals surface area (Å²) >= 11 is 0. The Morgan fingerprint density at radius 3 is 2.57 bits per heavy atom. The van der Waals surface area contributed by atoms with Crippen LogP contribution in [0.15, 0.2) is 23.5 Å². The van der Waals surface area contributed by atoms with Crippen LogP contribution in [0.2, 0.25) is 0 Å². The summed E-state index contributed by atoms with van der Waals surface area (Å²) in [7, 11) is 1.84. The zero-order valence-electron chi connectivity index (χ0n) is 19.1. The van der Waals surface area contributed by atoms with Crippen LogP contribution < -0.4 is 5.32 Å². The number of aromatic nitrogens is 2. The number of carbonyl (C=O) groups excluding carboxylic acids is 1. The minimum atomic E-state index is -0.455. The van der Waals surface area contributed by atoms with E-state index in [1.165, 1.54) is 0 Å². The van der Waals surface area contributed by atoms with Gasteiger partial charge < -0.3 is 19.9 Å². The van der Waals surface area contributed by atoms with Gasteiger partial charge in [0.2, 0.25) is 0 Å². The number of piperidine rings is 1. The van der Waals surface area contributed by atoms with E-state index in [1.807, 2.05) is 56.6 Å². The number of ether oxygens (including phenoxy) is 1. The fourth-order valence-corrected chi connectivity index (χ4v) is 3.50. The lowest BCUT2D eigenvalue weighted by Crippen LogP contribution is -2.48. The summed E-state index contributed by atoms with van der Waals surface area (Å²) in [4.78, 5) is 21.0. The van der Waals surface area contributed by atoms with Gasteiger partial charge in [-0.1, -0.05) is 0 Å². The van der Waals surface area contributed by atoms with E-state index in [4.69, 9.17) is 4.74 Å². The Morgan fingerprint density at radius 2 is 2.03 bits per heavy atom. The summed E-state index contributed by atoms with van der Waals surface area (Å²) in [6, 6.07) is 1.94. The number of rotatable bonds is 7. The monoisotopic (exact) mass is 534 g/mol. The Morgan fingerprint density at radius 1 is 1.33 bits per heavy atom. The standard InChI is InChI=1S/C21H38N6O2.HI/c1-6-25(20(28)29-21(2,3)4)17-18-9-15-26(16-10-18)19(22-5)23-11-7-13-27-14-8-12-24-27;/h8,12,14,18H,6-7,9-11,13,15-17H2,1-5H3,(H,22,23);1H. The van der Waals surface area contributed by atoms with Crippen LogP contribution in [0.3, 0.4) is 0 Å². The van der Waals surface area contributed by atoms with Gasteiger partial charge in [-0.25, -0.2) is 4.79 Å². The molecule has 172 valence electrons. The van der Waals surface area contributed by atoms with Crippen molar-refractivity contribution in [3.8, 4) is 0 Å². The maximum absolute atomic E-state index is 12.4. The molecule has 2 rings (SSSR count). The SMILES string of the molecule is CCN(CC1CCN(C(=NC)NCCCn2cccn2)CC1)C(=O)OC(C)(C)C.I. The van der Waals surface area contributed by atoms with Crippen molar-refractivity contribution < 1.29 is 9.53 Å². The van der Waals surface area contributed by atoms with Crippen LogP contribution in [0, 0.1) is 5.92 Å². The van der Waals surface area contributed by atoms with Gasteiger partial charge in [-0.2, -0.15) is 5.10 Å². The lowest BCUT2D eigenvalue weighted by atomic mass is 9.96. The third-order valence-electron chi connectivity index (χ3n) is 5.04. The molecule has 9 heteroatoms. The number of aliphatic imine (C=N–C) groups is 1. The Bertz CT molecular complexity index is 636. The van der Waals surface area contributed by atoms with Crippen LogP contribution in [-0.4, -0.2) is 77.0 Å². The van der Waals surface area contributed by atoms with Gasteiger partial charge >= 0.3 is 6.09 Å². The van der Waals surface area contributed by atoms with E-state index in [0.717, 1.165) is 57.9 Å². The maximum Gasteiger partial charge on any atom is 0.410 e. The average molecular weight is 534 g/mol. The van der Waals surface area contributed by atoms with E-state index in [0.29, 0.717) is 12.5 Å². The predicted molar refractivity (Wildman–Crippen MR) is 131 cm³/mol. The van der Waals surface area contributed by atoms with Crippen LogP contribution in [0.4, 0.5) is 4.79 Å². The number of nitrogens with zero attached hydrogens (tertiary/aromatic N) is 5. The van der Waals surface area contributed by atoms with E-state index >= 15 is 0 Å². The van der Waals surface area contributed by atoms with Crippen molar-refractivity contribution >= 4 is 36.0 Å². The normalized spacial score (nSPS) is 15.5. The van der Waals surface area contributed by atoms with Gasteiger partial charge in [0.05, 0.1) is 0 Å². The van der Waals surface area contributed by atoms with Gasteiger partial charge in [0.15, 0.2) is 5.96 Å². The lowest BCUT2D eigenvalue weighted by molar-refractivity contribution is 0.0214. The number of hydrogen-bond donors (Lipinski definition) is 1. The molecule has 0 aromatic carbocycles. The zero-order valence-corrected chi connectivity index (χ0v) is 21.5. The predicted octanol–water partition coefficient (Wildman–Crippen LogP) is 3.44. The van der Waals surface area contributed by atoms with Gasteiger partial charge in [-0.05, 0) is 58.9 Å². The molecule has 1 saturated heterocycles. The molecular weight excluding hydrogens is 495 g/mol. The highest BCUT2D eigenvalue weighted by atomic mass is 127. The number of nitrogens with one attached hydrogen (secondary N) is 1. The first-order valence-electron chi connectivity index (χ1n) is 10.7. The quantitative estimate of drug-likeness (QED) is 0.251. The molecule has 0 unspecified atom stereocenters. The van der Waals surface area contributed by atoms with Crippen LogP contribution in [0.25, 0.3) is 0 Å². The molecule has 1 aliphatic heterocycles. The molecular formula is C21H39IN6O2. The van der Waals surface area contributed by atoms with Gasteiger partial charge in [-0.3, -0.25) is 9.67 Å². The van der Waals surface area contributed by atoms with Gasteiger partial charge in [0.1, 0.15) is 5.60 Å². The summed E-state index contributed by atoms with van der Waals surface area (Å²) < 4.78 is 7.48. The minimum Gasteiger partial charge on any atom is -0.444 e. The number of amides is 1. The number of carbonyl (C=O) groups is 1. The van der Waals surface area contributed by atoms with E-state index in [9.17, 15) is 4.79 Å². The Balaban J connectivity index is 0.00000450. The molecule has 0 bridgehead atoms. The molecule has 0 radical (unpaired) electrons. The van der Waals surface area contributed by atoms with E-state index < -0.39 is 5.60 Å². The highest BCUT2D eigenvalue weighted by Gasteiger charge is 2.27. The number of hydrogen-bond acceptors (Lipinski definition) is 4. The largest absolute Gasteiger partial charge is 0.444 e. The van der Waals surface area contributed by atoms with Crippen molar-refractivity contribution in [1.29, 1.82) is 0 Å². The van der Waals surface area contributed by atoms with Crippen LogP contribution in [-0.2, 0) is 11.3 Å². The second-order valence-corrected chi connectivity index (χ2v) is 8.55. The van der Waals surface area contributed by atoms with Crippen molar-refractivity contribution in [2.24, 2.45) is 10.9 Å². The first-order chi connectivity index (χ1) is 13.8.